The maximum absolute atomic E-state index is 11.9. The molecule has 0 aromatic carbocycles. The van der Waals surface area contributed by atoms with Crippen molar-refractivity contribution >= 4 is 11.5 Å². The zero-order valence-electron chi connectivity index (χ0n) is 12.1. The Morgan fingerprint density at radius 1 is 1.50 bits per heavy atom. The summed E-state index contributed by atoms with van der Waals surface area (Å²) >= 11 is 0. The van der Waals surface area contributed by atoms with Crippen LogP contribution in [0.5, 0.6) is 5.75 Å². The van der Waals surface area contributed by atoms with Gasteiger partial charge in [0, 0.05) is 18.7 Å². The fourth-order valence-corrected chi connectivity index (χ4v) is 2.09. The fourth-order valence-electron chi connectivity index (χ4n) is 2.09. The molecule has 0 spiro atoms. The molecule has 6 nitrogen and oxygen atoms in total. The van der Waals surface area contributed by atoms with Gasteiger partial charge in [0.1, 0.15) is 17.1 Å². The number of ether oxygens (including phenoxy) is 2. The first-order valence-corrected chi connectivity index (χ1v) is 6.41. The van der Waals surface area contributed by atoms with Crippen LogP contribution in [0.25, 0.3) is 5.52 Å². The van der Waals surface area contributed by atoms with Crippen LogP contribution in [0.2, 0.25) is 0 Å². The number of esters is 1. The van der Waals surface area contributed by atoms with E-state index in [0.717, 1.165) is 5.82 Å². The summed E-state index contributed by atoms with van der Waals surface area (Å²) in [6.07, 6.45) is 2.57. The molecule has 2 aromatic heterocycles. The molecule has 0 amide bonds. The predicted molar refractivity (Wildman–Crippen MR) is 75.3 cm³/mol. The Balaban J connectivity index is 2.63. The number of hydrogen-bond donors (Lipinski definition) is 1. The summed E-state index contributed by atoms with van der Waals surface area (Å²) in [6, 6.07) is 3.91. The van der Waals surface area contributed by atoms with Crippen molar-refractivity contribution in [2.24, 2.45) is 0 Å². The summed E-state index contributed by atoms with van der Waals surface area (Å²) in [6.45, 7) is 2.05. The molecule has 0 aliphatic rings. The van der Waals surface area contributed by atoms with Crippen LogP contribution >= 0.6 is 0 Å². The van der Waals surface area contributed by atoms with E-state index >= 15 is 0 Å². The molecule has 1 unspecified atom stereocenters. The molecule has 0 fully saturated rings. The Morgan fingerprint density at radius 3 is 2.85 bits per heavy atom. The number of nitrogens with one attached hydrogen (secondary N) is 1. The second kappa shape index (κ2) is 5.92. The third-order valence-corrected chi connectivity index (χ3v) is 3.28. The molecule has 0 saturated carbocycles. The number of fused-ring (bicyclic) bond motifs is 1. The lowest BCUT2D eigenvalue weighted by Gasteiger charge is -2.09. The summed E-state index contributed by atoms with van der Waals surface area (Å²) < 4.78 is 12.0. The molecule has 1 N–H and O–H groups in total. The number of carbonyl (C=O) groups is 1. The van der Waals surface area contributed by atoms with Crippen LogP contribution < -0.4 is 10.1 Å². The second-order valence-electron chi connectivity index (χ2n) is 4.56. The van der Waals surface area contributed by atoms with E-state index in [9.17, 15) is 4.79 Å². The van der Waals surface area contributed by atoms with Gasteiger partial charge >= 0.3 is 5.97 Å². The number of aromatic nitrogens is 2. The highest BCUT2D eigenvalue weighted by molar-refractivity contribution is 5.97. The Morgan fingerprint density at radius 2 is 2.25 bits per heavy atom. The topological polar surface area (TPSA) is 64.9 Å². The van der Waals surface area contributed by atoms with Crippen LogP contribution in [0, 0.1) is 0 Å². The number of rotatable bonds is 5. The van der Waals surface area contributed by atoms with Gasteiger partial charge in [-0.3, -0.25) is 4.40 Å². The number of nitrogens with zero attached hydrogens (tertiary/aromatic N) is 2. The van der Waals surface area contributed by atoms with Crippen molar-refractivity contribution < 1.29 is 14.3 Å². The zero-order chi connectivity index (χ0) is 14.7. The van der Waals surface area contributed by atoms with Crippen LogP contribution in [0.3, 0.4) is 0 Å². The van der Waals surface area contributed by atoms with E-state index in [1.54, 1.807) is 13.2 Å². The summed E-state index contributed by atoms with van der Waals surface area (Å²) in [5.41, 5.74) is 0.920. The highest BCUT2D eigenvalue weighted by Gasteiger charge is 2.21. The maximum Gasteiger partial charge on any atom is 0.359 e. The van der Waals surface area contributed by atoms with E-state index in [1.807, 2.05) is 23.7 Å². The van der Waals surface area contributed by atoms with E-state index in [0.29, 0.717) is 17.7 Å². The third-order valence-electron chi connectivity index (χ3n) is 3.28. The second-order valence-corrected chi connectivity index (χ2v) is 4.56. The molecule has 0 saturated heterocycles. The minimum absolute atomic E-state index is 0.247. The highest BCUT2D eigenvalue weighted by atomic mass is 16.5. The molecule has 0 aliphatic heterocycles. The summed E-state index contributed by atoms with van der Waals surface area (Å²) in [7, 11) is 4.81. The molecule has 0 bridgehead atoms. The van der Waals surface area contributed by atoms with E-state index in [4.69, 9.17) is 9.47 Å². The van der Waals surface area contributed by atoms with Crippen LogP contribution in [-0.4, -0.2) is 42.7 Å². The number of methoxy groups -OCH3 is 2. The lowest BCUT2D eigenvalue weighted by molar-refractivity contribution is 0.0596. The van der Waals surface area contributed by atoms with Crippen LogP contribution in [-0.2, 0) is 11.2 Å². The molecule has 20 heavy (non-hydrogen) atoms. The van der Waals surface area contributed by atoms with Crippen molar-refractivity contribution in [3.05, 3.63) is 29.8 Å². The van der Waals surface area contributed by atoms with E-state index in [-0.39, 0.29) is 11.7 Å². The molecule has 0 aliphatic carbocycles. The summed E-state index contributed by atoms with van der Waals surface area (Å²) in [4.78, 5) is 16.3. The minimum Gasteiger partial charge on any atom is -0.494 e. The van der Waals surface area contributed by atoms with Crippen molar-refractivity contribution in [1.82, 2.24) is 14.7 Å². The Hall–Kier alpha value is -2.08. The lowest BCUT2D eigenvalue weighted by Crippen LogP contribution is -2.24. The van der Waals surface area contributed by atoms with Gasteiger partial charge in [-0.25, -0.2) is 9.78 Å². The smallest absolute Gasteiger partial charge is 0.359 e. The summed E-state index contributed by atoms with van der Waals surface area (Å²) in [5.74, 6) is 0.931. The van der Waals surface area contributed by atoms with Gasteiger partial charge < -0.3 is 14.8 Å². The molecule has 2 heterocycles. The first kappa shape index (κ1) is 14.3. The molecule has 2 aromatic rings. The fraction of sp³-hybridized carbons (Fsp3) is 0.429. The van der Waals surface area contributed by atoms with Gasteiger partial charge in [0.2, 0.25) is 0 Å². The zero-order valence-corrected chi connectivity index (χ0v) is 12.1. The number of hydrogen-bond acceptors (Lipinski definition) is 5. The van der Waals surface area contributed by atoms with Gasteiger partial charge in [0.25, 0.3) is 0 Å². The Labute approximate surface area is 117 Å². The molecule has 108 valence electrons. The van der Waals surface area contributed by atoms with E-state index in [2.05, 4.69) is 17.2 Å². The van der Waals surface area contributed by atoms with Gasteiger partial charge in [-0.05, 0) is 26.1 Å². The monoisotopic (exact) mass is 277 g/mol. The molecule has 1 atom stereocenters. The van der Waals surface area contributed by atoms with Crippen molar-refractivity contribution in [3.63, 3.8) is 0 Å². The number of pyridine rings is 1. The molecule has 2 rings (SSSR count). The van der Waals surface area contributed by atoms with Gasteiger partial charge in [0.15, 0.2) is 5.69 Å². The third kappa shape index (κ3) is 2.46. The van der Waals surface area contributed by atoms with E-state index in [1.165, 1.54) is 7.11 Å². The maximum atomic E-state index is 11.9. The van der Waals surface area contributed by atoms with Crippen LogP contribution in [0.15, 0.2) is 18.3 Å². The van der Waals surface area contributed by atoms with Crippen molar-refractivity contribution in [2.45, 2.75) is 19.4 Å². The van der Waals surface area contributed by atoms with Crippen LogP contribution in [0.4, 0.5) is 0 Å². The quantitative estimate of drug-likeness (QED) is 0.834. The standard InChI is InChI=1S/C14H19N3O3/c1-9(15-2)8-11-16-12(14(18)20-4)13-10(19-3)6-5-7-17(11)13/h5-7,9,15H,8H2,1-4H3. The average molecular weight is 277 g/mol. The van der Waals surface area contributed by atoms with Gasteiger partial charge in [-0.1, -0.05) is 0 Å². The van der Waals surface area contributed by atoms with Crippen LogP contribution in [0.1, 0.15) is 23.2 Å². The number of imidazole rings is 1. The van der Waals surface area contributed by atoms with Crippen molar-refractivity contribution in [1.29, 1.82) is 0 Å². The Bertz CT molecular complexity index is 621. The van der Waals surface area contributed by atoms with Gasteiger partial charge in [0.05, 0.1) is 14.2 Å². The van der Waals surface area contributed by atoms with Gasteiger partial charge in [-0.15, -0.1) is 0 Å². The first-order chi connectivity index (χ1) is 9.62. The largest absolute Gasteiger partial charge is 0.494 e. The highest BCUT2D eigenvalue weighted by Crippen LogP contribution is 2.25. The molecular weight excluding hydrogens is 258 g/mol. The molecule has 6 heteroatoms. The van der Waals surface area contributed by atoms with Gasteiger partial charge in [-0.2, -0.15) is 0 Å². The first-order valence-electron chi connectivity index (χ1n) is 6.41. The normalized spacial score (nSPS) is 12.4. The van der Waals surface area contributed by atoms with Crippen molar-refractivity contribution in [2.75, 3.05) is 21.3 Å². The lowest BCUT2D eigenvalue weighted by atomic mass is 10.2. The molecule has 0 radical (unpaired) electrons. The number of likely N-dealkylation sites (N-methyl/N-ethyl adjacent to an activating group) is 1. The molecular formula is C14H19N3O3. The van der Waals surface area contributed by atoms with Crippen molar-refractivity contribution in [3.8, 4) is 5.75 Å². The van der Waals surface area contributed by atoms with E-state index < -0.39 is 5.97 Å². The predicted octanol–water partition coefficient (Wildman–Crippen LogP) is 1.28. The minimum atomic E-state index is -0.463. The SMILES string of the molecule is CNC(C)Cc1nc(C(=O)OC)c2c(OC)cccn12. The average Bonchev–Trinajstić information content (AvgIpc) is 2.85. The Kier molecular flexibility index (Phi) is 4.24. The number of carbonyl (C=O) groups excluding carboxylic acids is 1. The summed E-state index contributed by atoms with van der Waals surface area (Å²) in [5, 5.41) is 3.16.